The van der Waals surface area contributed by atoms with E-state index in [0.29, 0.717) is 5.91 Å². The van der Waals surface area contributed by atoms with Crippen molar-refractivity contribution < 1.29 is 4.79 Å². The molecule has 2 aliphatic carbocycles. The Morgan fingerprint density at radius 1 is 0.944 bits per heavy atom. The van der Waals surface area contributed by atoms with Crippen molar-refractivity contribution >= 4 is 5.91 Å². The first-order valence-electron chi connectivity index (χ1n) is 7.80. The second kappa shape index (κ2) is 5.20. The van der Waals surface area contributed by atoms with Crippen LogP contribution in [0.4, 0.5) is 0 Å². The SMILES string of the molecule is NC1CCCC1C(=O)N1CCC2CCCCC2C1. The van der Waals surface area contributed by atoms with Crippen molar-refractivity contribution in [3.8, 4) is 0 Å². The Morgan fingerprint density at radius 3 is 2.44 bits per heavy atom. The maximum Gasteiger partial charge on any atom is 0.227 e. The molecule has 3 heteroatoms. The number of carbonyl (C=O) groups excluding carboxylic acids is 1. The van der Waals surface area contributed by atoms with Crippen LogP contribution in [0, 0.1) is 17.8 Å². The molecular formula is C15H26N2O. The molecule has 1 aliphatic heterocycles. The summed E-state index contributed by atoms with van der Waals surface area (Å²) in [6.07, 6.45) is 9.94. The molecule has 0 radical (unpaired) electrons. The molecule has 1 saturated heterocycles. The topological polar surface area (TPSA) is 46.3 Å². The maximum absolute atomic E-state index is 12.5. The second-order valence-electron chi connectivity index (χ2n) is 6.58. The number of nitrogens with two attached hydrogens (primary N) is 1. The van der Waals surface area contributed by atoms with Crippen molar-refractivity contribution in [2.24, 2.45) is 23.5 Å². The molecule has 3 aliphatic rings. The van der Waals surface area contributed by atoms with E-state index < -0.39 is 0 Å². The highest BCUT2D eigenvalue weighted by Crippen LogP contribution is 2.37. The zero-order valence-corrected chi connectivity index (χ0v) is 11.3. The summed E-state index contributed by atoms with van der Waals surface area (Å²) in [4.78, 5) is 14.7. The second-order valence-corrected chi connectivity index (χ2v) is 6.58. The molecule has 18 heavy (non-hydrogen) atoms. The fourth-order valence-corrected chi connectivity index (χ4v) is 4.33. The standard InChI is InChI=1S/C15H26N2O/c16-14-7-3-6-13(14)15(18)17-9-8-11-4-1-2-5-12(11)10-17/h11-14H,1-10,16H2. The Hall–Kier alpha value is -0.570. The third-order valence-corrected chi connectivity index (χ3v) is 5.49. The van der Waals surface area contributed by atoms with Gasteiger partial charge in [0.05, 0.1) is 5.92 Å². The highest BCUT2D eigenvalue weighted by molar-refractivity contribution is 5.80. The quantitative estimate of drug-likeness (QED) is 0.775. The van der Waals surface area contributed by atoms with E-state index >= 15 is 0 Å². The number of fused-ring (bicyclic) bond motifs is 1. The van der Waals surface area contributed by atoms with Gasteiger partial charge in [0.1, 0.15) is 0 Å². The number of carbonyl (C=O) groups is 1. The minimum atomic E-state index is 0.126. The van der Waals surface area contributed by atoms with Gasteiger partial charge in [-0.2, -0.15) is 0 Å². The van der Waals surface area contributed by atoms with E-state index in [1.807, 2.05) is 0 Å². The molecule has 4 unspecified atom stereocenters. The van der Waals surface area contributed by atoms with Gasteiger partial charge in [0.2, 0.25) is 5.91 Å². The van der Waals surface area contributed by atoms with Crippen molar-refractivity contribution in [1.29, 1.82) is 0 Å². The van der Waals surface area contributed by atoms with Crippen LogP contribution in [-0.2, 0) is 4.79 Å². The van der Waals surface area contributed by atoms with E-state index in [-0.39, 0.29) is 12.0 Å². The van der Waals surface area contributed by atoms with Crippen molar-refractivity contribution in [3.63, 3.8) is 0 Å². The van der Waals surface area contributed by atoms with E-state index in [1.54, 1.807) is 0 Å². The van der Waals surface area contributed by atoms with Crippen LogP contribution in [0.1, 0.15) is 51.4 Å². The lowest BCUT2D eigenvalue weighted by atomic mass is 9.75. The molecule has 0 bridgehead atoms. The van der Waals surface area contributed by atoms with E-state index in [4.69, 9.17) is 5.73 Å². The summed E-state index contributed by atoms with van der Waals surface area (Å²) in [7, 11) is 0. The third-order valence-electron chi connectivity index (χ3n) is 5.49. The molecule has 0 aromatic carbocycles. The lowest BCUT2D eigenvalue weighted by molar-refractivity contribution is -0.138. The molecule has 1 amide bonds. The molecule has 0 spiro atoms. The molecule has 1 heterocycles. The monoisotopic (exact) mass is 250 g/mol. The predicted octanol–water partition coefficient (Wildman–Crippen LogP) is 2.15. The van der Waals surface area contributed by atoms with Crippen LogP contribution in [0.5, 0.6) is 0 Å². The number of nitrogens with zero attached hydrogens (tertiary/aromatic N) is 1. The molecule has 3 fully saturated rings. The minimum absolute atomic E-state index is 0.126. The summed E-state index contributed by atoms with van der Waals surface area (Å²) in [5, 5.41) is 0. The summed E-state index contributed by atoms with van der Waals surface area (Å²) >= 11 is 0. The van der Waals surface area contributed by atoms with E-state index in [0.717, 1.165) is 44.2 Å². The largest absolute Gasteiger partial charge is 0.342 e. The average Bonchev–Trinajstić information content (AvgIpc) is 2.83. The van der Waals surface area contributed by atoms with Crippen molar-refractivity contribution in [3.05, 3.63) is 0 Å². The van der Waals surface area contributed by atoms with Crippen molar-refractivity contribution in [1.82, 2.24) is 4.90 Å². The molecular weight excluding hydrogens is 224 g/mol. The van der Waals surface area contributed by atoms with Gasteiger partial charge in [-0.05, 0) is 37.5 Å². The zero-order valence-electron chi connectivity index (χ0n) is 11.3. The molecule has 102 valence electrons. The fourth-order valence-electron chi connectivity index (χ4n) is 4.33. The van der Waals surface area contributed by atoms with Gasteiger partial charge in [-0.15, -0.1) is 0 Å². The van der Waals surface area contributed by atoms with Crippen molar-refractivity contribution in [2.75, 3.05) is 13.1 Å². The Bertz CT molecular complexity index is 318. The first kappa shape index (κ1) is 12.5. The minimum Gasteiger partial charge on any atom is -0.342 e. The van der Waals surface area contributed by atoms with Crippen LogP contribution in [0.3, 0.4) is 0 Å². The number of amides is 1. The summed E-state index contributed by atoms with van der Waals surface area (Å²) in [6, 6.07) is 0.126. The van der Waals surface area contributed by atoms with Crippen molar-refractivity contribution in [2.45, 2.75) is 57.4 Å². The first-order valence-corrected chi connectivity index (χ1v) is 7.80. The number of rotatable bonds is 1. The van der Waals surface area contributed by atoms with Gasteiger partial charge in [-0.25, -0.2) is 0 Å². The van der Waals surface area contributed by atoms with Crippen LogP contribution in [-0.4, -0.2) is 29.9 Å². The Labute approximate surface area is 110 Å². The highest BCUT2D eigenvalue weighted by atomic mass is 16.2. The molecule has 4 atom stereocenters. The molecule has 0 aromatic rings. The normalized spacial score (nSPS) is 40.6. The van der Waals surface area contributed by atoms with Crippen LogP contribution >= 0.6 is 0 Å². The molecule has 3 nitrogen and oxygen atoms in total. The van der Waals surface area contributed by atoms with Gasteiger partial charge >= 0.3 is 0 Å². The summed E-state index contributed by atoms with van der Waals surface area (Å²) in [6.45, 7) is 2.01. The Morgan fingerprint density at radius 2 is 1.72 bits per heavy atom. The smallest absolute Gasteiger partial charge is 0.227 e. The van der Waals surface area contributed by atoms with Crippen LogP contribution < -0.4 is 5.73 Å². The van der Waals surface area contributed by atoms with E-state index in [9.17, 15) is 4.79 Å². The molecule has 0 aromatic heterocycles. The lowest BCUT2D eigenvalue weighted by Crippen LogP contribution is -2.49. The van der Waals surface area contributed by atoms with Gasteiger partial charge in [0.25, 0.3) is 0 Å². The van der Waals surface area contributed by atoms with Gasteiger partial charge < -0.3 is 10.6 Å². The summed E-state index contributed by atoms with van der Waals surface area (Å²) in [5.74, 6) is 2.18. The number of hydrogen-bond acceptors (Lipinski definition) is 2. The average molecular weight is 250 g/mol. The van der Waals surface area contributed by atoms with Crippen LogP contribution in [0.15, 0.2) is 0 Å². The number of hydrogen-bond donors (Lipinski definition) is 1. The summed E-state index contributed by atoms with van der Waals surface area (Å²) < 4.78 is 0. The third kappa shape index (κ3) is 2.29. The van der Waals surface area contributed by atoms with E-state index in [2.05, 4.69) is 4.90 Å². The fraction of sp³-hybridized carbons (Fsp3) is 0.933. The van der Waals surface area contributed by atoms with Gasteiger partial charge in [0.15, 0.2) is 0 Å². The highest BCUT2D eigenvalue weighted by Gasteiger charge is 2.38. The van der Waals surface area contributed by atoms with Gasteiger partial charge in [-0.3, -0.25) is 4.79 Å². The number of piperidine rings is 1. The molecule has 2 N–H and O–H groups in total. The Kier molecular flexibility index (Phi) is 3.60. The van der Waals surface area contributed by atoms with Gasteiger partial charge in [0, 0.05) is 19.1 Å². The number of likely N-dealkylation sites (tertiary alicyclic amines) is 1. The molecule has 3 rings (SSSR count). The first-order chi connectivity index (χ1) is 8.75. The predicted molar refractivity (Wildman–Crippen MR) is 72.0 cm³/mol. The molecule has 2 saturated carbocycles. The Balaban J connectivity index is 1.61. The van der Waals surface area contributed by atoms with Gasteiger partial charge in [-0.1, -0.05) is 25.7 Å². The maximum atomic E-state index is 12.5. The van der Waals surface area contributed by atoms with Crippen LogP contribution in [0.2, 0.25) is 0 Å². The lowest BCUT2D eigenvalue weighted by Gasteiger charge is -2.42. The van der Waals surface area contributed by atoms with Crippen LogP contribution in [0.25, 0.3) is 0 Å². The zero-order chi connectivity index (χ0) is 12.5. The van der Waals surface area contributed by atoms with E-state index in [1.165, 1.54) is 32.1 Å². The summed E-state index contributed by atoms with van der Waals surface area (Å²) in [5.41, 5.74) is 6.07.